The van der Waals surface area contributed by atoms with Crippen LogP contribution in [0.3, 0.4) is 0 Å². The van der Waals surface area contributed by atoms with Crippen molar-refractivity contribution in [2.24, 2.45) is 0 Å². The Morgan fingerprint density at radius 2 is 1.28 bits per heavy atom. The van der Waals surface area contributed by atoms with E-state index < -0.39 is 11.7 Å². The molecule has 0 bridgehead atoms. The van der Waals surface area contributed by atoms with Crippen LogP contribution < -0.4 is 5.32 Å². The lowest BCUT2D eigenvalue weighted by molar-refractivity contribution is -0.137. The minimum atomic E-state index is -4.28. The molecule has 134 valence electrons. The molecule has 0 aromatic heterocycles. The van der Waals surface area contributed by atoms with E-state index in [4.69, 9.17) is 0 Å². The highest BCUT2D eigenvalue weighted by molar-refractivity contribution is 5.78. The summed E-state index contributed by atoms with van der Waals surface area (Å²) in [7, 11) is 1.62. The van der Waals surface area contributed by atoms with Gasteiger partial charge in [0.2, 0.25) is 5.91 Å². The Kier molecular flexibility index (Phi) is 6.62. The molecule has 5 heteroatoms. The number of carbonyl (C=O) groups is 1. The molecule has 0 heterocycles. The number of unbranched alkanes of at least 4 members (excludes halogenated alkanes) is 1. The molecule has 0 saturated carbocycles. The average molecular weight is 349 g/mol. The van der Waals surface area contributed by atoms with Gasteiger partial charge in [0.15, 0.2) is 0 Å². The second kappa shape index (κ2) is 8.70. The fourth-order valence-electron chi connectivity index (χ4n) is 2.62. The molecule has 1 N–H and O–H groups in total. The summed E-state index contributed by atoms with van der Waals surface area (Å²) in [6, 6.07) is 13.3. The predicted molar refractivity (Wildman–Crippen MR) is 92.3 cm³/mol. The fourth-order valence-corrected chi connectivity index (χ4v) is 2.62. The van der Waals surface area contributed by atoms with E-state index in [2.05, 4.69) is 5.32 Å². The molecule has 0 unspecified atom stereocenters. The van der Waals surface area contributed by atoms with Gasteiger partial charge in [0.1, 0.15) is 0 Å². The topological polar surface area (TPSA) is 29.1 Å². The van der Waals surface area contributed by atoms with Gasteiger partial charge in [-0.2, -0.15) is 13.2 Å². The van der Waals surface area contributed by atoms with Crippen molar-refractivity contribution in [3.63, 3.8) is 0 Å². The highest BCUT2D eigenvalue weighted by Crippen LogP contribution is 2.29. The number of aryl methyl sites for hydroxylation is 2. The molecule has 0 fully saturated rings. The van der Waals surface area contributed by atoms with Crippen molar-refractivity contribution in [3.8, 4) is 0 Å². The number of halogens is 3. The van der Waals surface area contributed by atoms with Gasteiger partial charge in [0, 0.05) is 7.05 Å². The molecule has 0 aliphatic carbocycles. The van der Waals surface area contributed by atoms with Crippen LogP contribution in [0.4, 0.5) is 13.2 Å². The molecule has 2 aromatic rings. The Morgan fingerprint density at radius 1 is 0.840 bits per heavy atom. The summed E-state index contributed by atoms with van der Waals surface area (Å²) in [5.74, 6) is -0.00992. The van der Waals surface area contributed by atoms with E-state index in [0.717, 1.165) is 48.9 Å². The summed E-state index contributed by atoms with van der Waals surface area (Å²) in [6.45, 7) is 0. The Morgan fingerprint density at radius 3 is 1.72 bits per heavy atom. The minimum Gasteiger partial charge on any atom is -0.359 e. The van der Waals surface area contributed by atoms with Crippen molar-refractivity contribution in [2.45, 2.75) is 38.3 Å². The van der Waals surface area contributed by atoms with Crippen LogP contribution in [0.2, 0.25) is 0 Å². The molecule has 25 heavy (non-hydrogen) atoms. The maximum Gasteiger partial charge on any atom is 0.416 e. The van der Waals surface area contributed by atoms with Gasteiger partial charge >= 0.3 is 6.18 Å². The highest BCUT2D eigenvalue weighted by atomic mass is 19.4. The number of rotatable bonds is 7. The van der Waals surface area contributed by atoms with E-state index in [9.17, 15) is 18.0 Å². The molecule has 0 atom stereocenters. The van der Waals surface area contributed by atoms with Gasteiger partial charge in [0.25, 0.3) is 0 Å². The van der Waals surface area contributed by atoms with E-state index in [1.807, 2.05) is 24.3 Å². The third-order valence-corrected chi connectivity index (χ3v) is 4.13. The van der Waals surface area contributed by atoms with Gasteiger partial charge in [-0.15, -0.1) is 0 Å². The third kappa shape index (κ3) is 6.25. The molecule has 1 amide bonds. The largest absolute Gasteiger partial charge is 0.416 e. The molecule has 0 spiro atoms. The number of carbonyl (C=O) groups excluding carboxylic acids is 1. The zero-order valence-electron chi connectivity index (χ0n) is 14.2. The number of likely N-dealkylation sites (N-methyl/N-ethyl adjacent to an activating group) is 1. The molecule has 0 aliphatic heterocycles. The van der Waals surface area contributed by atoms with E-state index >= 15 is 0 Å². The smallest absolute Gasteiger partial charge is 0.359 e. The Bertz CT molecular complexity index is 676. The van der Waals surface area contributed by atoms with Gasteiger partial charge in [-0.1, -0.05) is 36.4 Å². The van der Waals surface area contributed by atoms with E-state index in [1.165, 1.54) is 5.56 Å². The monoisotopic (exact) mass is 349 g/mol. The lowest BCUT2D eigenvalue weighted by Crippen LogP contribution is -2.19. The molecule has 0 aliphatic rings. The molecule has 2 aromatic carbocycles. The van der Waals surface area contributed by atoms with Crippen molar-refractivity contribution in [3.05, 3.63) is 70.8 Å². The number of alkyl halides is 3. The molecule has 0 radical (unpaired) electrons. The van der Waals surface area contributed by atoms with Gasteiger partial charge < -0.3 is 5.32 Å². The number of amides is 1. The quantitative estimate of drug-likeness (QED) is 0.730. The summed E-state index contributed by atoms with van der Waals surface area (Å²) < 4.78 is 37.5. The summed E-state index contributed by atoms with van der Waals surface area (Å²) in [6.07, 6.45) is -0.317. The zero-order chi connectivity index (χ0) is 18.3. The Balaban J connectivity index is 1.75. The van der Waals surface area contributed by atoms with E-state index in [-0.39, 0.29) is 5.91 Å². The van der Waals surface area contributed by atoms with Gasteiger partial charge in [-0.25, -0.2) is 0 Å². The molecule has 2 rings (SSSR count). The van der Waals surface area contributed by atoms with Crippen molar-refractivity contribution >= 4 is 5.91 Å². The summed E-state index contributed by atoms with van der Waals surface area (Å²) in [5, 5.41) is 2.60. The molecule has 0 saturated heterocycles. The number of hydrogen-bond acceptors (Lipinski definition) is 1. The van der Waals surface area contributed by atoms with Crippen LogP contribution in [-0.2, 0) is 30.2 Å². The number of nitrogens with one attached hydrogen (secondary N) is 1. The zero-order valence-corrected chi connectivity index (χ0v) is 14.2. The van der Waals surface area contributed by atoms with Gasteiger partial charge in [-0.05, 0) is 54.5 Å². The average Bonchev–Trinajstić information content (AvgIpc) is 2.59. The van der Waals surface area contributed by atoms with Crippen LogP contribution in [0.15, 0.2) is 48.5 Å². The van der Waals surface area contributed by atoms with Crippen LogP contribution >= 0.6 is 0 Å². The molecular weight excluding hydrogens is 327 g/mol. The maximum absolute atomic E-state index is 12.5. The standard InChI is InChI=1S/C20H22F3NO/c1-24-19(25)14-17-8-6-15(7-9-17)4-2-3-5-16-10-12-18(13-11-16)20(21,22)23/h6-13H,2-5,14H2,1H3,(H,24,25). The van der Waals surface area contributed by atoms with Gasteiger partial charge in [-0.3, -0.25) is 4.79 Å². The summed E-state index contributed by atoms with van der Waals surface area (Å²) >= 11 is 0. The Hall–Kier alpha value is -2.30. The van der Waals surface area contributed by atoms with Crippen molar-refractivity contribution in [2.75, 3.05) is 7.05 Å². The van der Waals surface area contributed by atoms with E-state index in [0.29, 0.717) is 6.42 Å². The van der Waals surface area contributed by atoms with Crippen LogP contribution in [-0.4, -0.2) is 13.0 Å². The van der Waals surface area contributed by atoms with E-state index in [1.54, 1.807) is 19.2 Å². The van der Waals surface area contributed by atoms with Crippen molar-refractivity contribution in [1.29, 1.82) is 0 Å². The maximum atomic E-state index is 12.5. The van der Waals surface area contributed by atoms with Gasteiger partial charge in [0.05, 0.1) is 12.0 Å². The molecular formula is C20H22F3NO. The SMILES string of the molecule is CNC(=O)Cc1ccc(CCCCc2ccc(C(F)(F)F)cc2)cc1. The first-order chi connectivity index (χ1) is 11.9. The van der Waals surface area contributed by atoms with Crippen LogP contribution in [0.5, 0.6) is 0 Å². The second-order valence-corrected chi connectivity index (χ2v) is 6.07. The van der Waals surface area contributed by atoms with Crippen molar-refractivity contribution in [1.82, 2.24) is 5.32 Å². The van der Waals surface area contributed by atoms with Crippen LogP contribution in [0, 0.1) is 0 Å². The highest BCUT2D eigenvalue weighted by Gasteiger charge is 2.29. The fraction of sp³-hybridized carbons (Fsp3) is 0.350. The third-order valence-electron chi connectivity index (χ3n) is 4.13. The first-order valence-electron chi connectivity index (χ1n) is 8.33. The van der Waals surface area contributed by atoms with Crippen LogP contribution in [0.1, 0.15) is 35.1 Å². The predicted octanol–water partition coefficient (Wildman–Crippen LogP) is 4.56. The second-order valence-electron chi connectivity index (χ2n) is 6.07. The lowest BCUT2D eigenvalue weighted by atomic mass is 10.0. The normalized spacial score (nSPS) is 11.4. The number of benzene rings is 2. The first-order valence-corrected chi connectivity index (χ1v) is 8.33. The Labute approximate surface area is 146 Å². The summed E-state index contributed by atoms with van der Waals surface area (Å²) in [4.78, 5) is 11.3. The van der Waals surface area contributed by atoms with Crippen LogP contribution in [0.25, 0.3) is 0 Å². The minimum absolute atomic E-state index is 0.00992. The van der Waals surface area contributed by atoms with Crippen molar-refractivity contribution < 1.29 is 18.0 Å². The summed E-state index contributed by atoms with van der Waals surface area (Å²) in [5.41, 5.74) is 2.50. The first kappa shape index (κ1) is 19.0. The lowest BCUT2D eigenvalue weighted by Gasteiger charge is -2.08. The number of hydrogen-bond donors (Lipinski definition) is 1. The molecule has 2 nitrogen and oxygen atoms in total.